The molecule has 1 aromatic heterocycles. The van der Waals surface area contributed by atoms with Crippen molar-refractivity contribution in [3.63, 3.8) is 0 Å². The summed E-state index contributed by atoms with van der Waals surface area (Å²) in [5.74, 6) is 0. The second kappa shape index (κ2) is 5.04. The van der Waals surface area contributed by atoms with Gasteiger partial charge >= 0.3 is 0 Å². The lowest BCUT2D eigenvalue weighted by atomic mass is 10.1. The predicted octanol–water partition coefficient (Wildman–Crippen LogP) is 5.97. The van der Waals surface area contributed by atoms with Crippen LogP contribution < -0.4 is 0 Å². The van der Waals surface area contributed by atoms with E-state index in [9.17, 15) is 0 Å². The summed E-state index contributed by atoms with van der Waals surface area (Å²) in [6, 6.07) is 24.7. The van der Waals surface area contributed by atoms with Crippen molar-refractivity contribution in [3.8, 4) is 0 Å². The van der Waals surface area contributed by atoms with Crippen LogP contribution in [-0.2, 0) is 0 Å². The first-order valence-corrected chi connectivity index (χ1v) is 7.57. The van der Waals surface area contributed by atoms with E-state index in [2.05, 4.69) is 59.7 Å². The topological polar surface area (TPSA) is 4.93 Å². The number of nitrogens with zero attached hydrogens (tertiary/aromatic N) is 1. The van der Waals surface area contributed by atoms with Crippen LogP contribution in [0.4, 0.5) is 0 Å². The Hall–Kier alpha value is -2.51. The summed E-state index contributed by atoms with van der Waals surface area (Å²) in [5, 5.41) is 3.22. The molecule has 0 saturated heterocycles. The van der Waals surface area contributed by atoms with Crippen LogP contribution >= 0.6 is 11.6 Å². The van der Waals surface area contributed by atoms with Gasteiger partial charge in [0.2, 0.25) is 0 Å². The number of para-hydroxylation sites is 2. The van der Waals surface area contributed by atoms with Crippen LogP contribution in [0.1, 0.15) is 5.56 Å². The molecule has 1 heterocycles. The molecule has 0 fully saturated rings. The van der Waals surface area contributed by atoms with Gasteiger partial charge in [0.25, 0.3) is 0 Å². The first-order valence-electron chi connectivity index (χ1n) is 7.19. The van der Waals surface area contributed by atoms with E-state index in [1.165, 1.54) is 21.8 Å². The smallest absolute Gasteiger partial charge is 0.0541 e. The van der Waals surface area contributed by atoms with Crippen LogP contribution in [-0.4, -0.2) is 4.57 Å². The molecular formula is C20H14ClN. The highest BCUT2D eigenvalue weighted by molar-refractivity contribution is 6.30. The zero-order valence-corrected chi connectivity index (χ0v) is 12.7. The van der Waals surface area contributed by atoms with Crippen molar-refractivity contribution < 1.29 is 0 Å². The van der Waals surface area contributed by atoms with Gasteiger partial charge in [-0.15, -0.1) is 0 Å². The summed E-state index contributed by atoms with van der Waals surface area (Å²) >= 11 is 5.99. The fourth-order valence-corrected chi connectivity index (χ4v) is 3.11. The fraction of sp³-hybridized carbons (Fsp3) is 0. The SMILES string of the molecule is C=C(c1ccc(Cl)cc1)n1c2ccccc2c2ccccc21. The molecule has 0 unspecified atom stereocenters. The Bertz CT molecular complexity index is 940. The highest BCUT2D eigenvalue weighted by Crippen LogP contribution is 2.33. The van der Waals surface area contributed by atoms with Gasteiger partial charge < -0.3 is 4.57 Å². The molecule has 22 heavy (non-hydrogen) atoms. The lowest BCUT2D eigenvalue weighted by Gasteiger charge is -2.11. The molecule has 0 radical (unpaired) electrons. The molecule has 4 rings (SSSR count). The Morgan fingerprint density at radius 3 is 1.77 bits per heavy atom. The summed E-state index contributed by atoms with van der Waals surface area (Å²) in [5.41, 5.74) is 4.36. The molecule has 0 aliphatic carbocycles. The molecule has 0 aliphatic rings. The minimum atomic E-state index is 0.735. The van der Waals surface area contributed by atoms with Crippen LogP contribution in [0.2, 0.25) is 5.02 Å². The Balaban J connectivity index is 2.04. The maximum Gasteiger partial charge on any atom is 0.0541 e. The molecule has 0 bridgehead atoms. The number of aromatic nitrogens is 1. The maximum absolute atomic E-state index is 5.99. The van der Waals surface area contributed by atoms with Gasteiger partial charge in [-0.2, -0.15) is 0 Å². The quantitative estimate of drug-likeness (QED) is 0.430. The summed E-state index contributed by atoms with van der Waals surface area (Å²) in [6.45, 7) is 4.32. The highest BCUT2D eigenvalue weighted by Gasteiger charge is 2.12. The molecule has 0 N–H and O–H groups in total. The number of benzene rings is 3. The first kappa shape index (κ1) is 13.2. The van der Waals surface area contributed by atoms with Crippen molar-refractivity contribution >= 4 is 39.1 Å². The minimum absolute atomic E-state index is 0.735. The van der Waals surface area contributed by atoms with E-state index < -0.39 is 0 Å². The summed E-state index contributed by atoms with van der Waals surface area (Å²) in [7, 11) is 0. The van der Waals surface area contributed by atoms with Crippen LogP contribution in [0.25, 0.3) is 27.5 Å². The average molecular weight is 304 g/mol. The molecule has 106 valence electrons. The average Bonchev–Trinajstić information content (AvgIpc) is 2.89. The first-order chi connectivity index (χ1) is 10.8. The van der Waals surface area contributed by atoms with Gasteiger partial charge in [0.15, 0.2) is 0 Å². The second-order valence-electron chi connectivity index (χ2n) is 5.32. The minimum Gasteiger partial charge on any atom is -0.309 e. The van der Waals surface area contributed by atoms with E-state index in [1.54, 1.807) is 0 Å². The number of halogens is 1. The largest absolute Gasteiger partial charge is 0.309 e. The van der Waals surface area contributed by atoms with Gasteiger partial charge in [-0.1, -0.05) is 66.7 Å². The van der Waals surface area contributed by atoms with E-state index in [-0.39, 0.29) is 0 Å². The molecule has 0 aliphatic heterocycles. The second-order valence-corrected chi connectivity index (χ2v) is 5.76. The molecule has 0 spiro atoms. The maximum atomic E-state index is 5.99. The van der Waals surface area contributed by atoms with E-state index >= 15 is 0 Å². The van der Waals surface area contributed by atoms with Gasteiger partial charge in [-0.25, -0.2) is 0 Å². The number of fused-ring (bicyclic) bond motifs is 3. The van der Waals surface area contributed by atoms with E-state index in [4.69, 9.17) is 11.6 Å². The monoisotopic (exact) mass is 303 g/mol. The molecule has 1 nitrogen and oxygen atoms in total. The summed E-state index contributed by atoms with van der Waals surface area (Å²) in [6.07, 6.45) is 0. The predicted molar refractivity (Wildman–Crippen MR) is 95.3 cm³/mol. The van der Waals surface area contributed by atoms with Crippen LogP contribution in [0.5, 0.6) is 0 Å². The lowest BCUT2D eigenvalue weighted by molar-refractivity contribution is 1.22. The van der Waals surface area contributed by atoms with E-state index in [1.807, 2.05) is 24.3 Å². The molecule has 2 heteroatoms. The van der Waals surface area contributed by atoms with Crippen molar-refractivity contribution in [2.24, 2.45) is 0 Å². The Labute approximate surface area is 134 Å². The lowest BCUT2D eigenvalue weighted by Crippen LogP contribution is -1.97. The molecule has 0 atom stereocenters. The van der Waals surface area contributed by atoms with Gasteiger partial charge in [-0.05, 0) is 29.8 Å². The van der Waals surface area contributed by atoms with Crippen molar-refractivity contribution in [1.29, 1.82) is 0 Å². The van der Waals surface area contributed by atoms with Gasteiger partial charge in [0.05, 0.1) is 11.0 Å². The van der Waals surface area contributed by atoms with Crippen LogP contribution in [0.3, 0.4) is 0 Å². The summed E-state index contributed by atoms with van der Waals surface area (Å²) in [4.78, 5) is 0. The third-order valence-electron chi connectivity index (χ3n) is 4.03. The fourth-order valence-electron chi connectivity index (χ4n) is 2.98. The Kier molecular flexibility index (Phi) is 3.02. The van der Waals surface area contributed by atoms with Crippen molar-refractivity contribution in [2.45, 2.75) is 0 Å². The van der Waals surface area contributed by atoms with Crippen molar-refractivity contribution in [3.05, 3.63) is 90.0 Å². The van der Waals surface area contributed by atoms with Crippen LogP contribution in [0.15, 0.2) is 79.4 Å². The molecular weight excluding hydrogens is 290 g/mol. The third-order valence-corrected chi connectivity index (χ3v) is 4.28. The molecule has 0 amide bonds. The molecule has 0 saturated carbocycles. The van der Waals surface area contributed by atoms with Gasteiger partial charge in [0.1, 0.15) is 0 Å². The van der Waals surface area contributed by atoms with Gasteiger partial charge in [-0.3, -0.25) is 0 Å². The zero-order chi connectivity index (χ0) is 15.1. The number of rotatable bonds is 2. The third kappa shape index (κ3) is 1.94. The van der Waals surface area contributed by atoms with Crippen molar-refractivity contribution in [2.75, 3.05) is 0 Å². The Morgan fingerprint density at radius 1 is 0.727 bits per heavy atom. The number of hydrogen-bond acceptors (Lipinski definition) is 0. The van der Waals surface area contributed by atoms with Crippen LogP contribution in [0, 0.1) is 0 Å². The van der Waals surface area contributed by atoms with Gasteiger partial charge in [0, 0.05) is 21.5 Å². The number of hydrogen-bond donors (Lipinski definition) is 0. The van der Waals surface area contributed by atoms with Crippen molar-refractivity contribution in [1.82, 2.24) is 4.57 Å². The normalized spacial score (nSPS) is 11.1. The summed E-state index contributed by atoms with van der Waals surface area (Å²) < 4.78 is 2.22. The molecule has 3 aromatic carbocycles. The zero-order valence-electron chi connectivity index (χ0n) is 12.0. The van der Waals surface area contributed by atoms with E-state index in [0.717, 1.165) is 16.3 Å². The Morgan fingerprint density at radius 2 is 1.23 bits per heavy atom. The molecule has 4 aromatic rings. The highest BCUT2D eigenvalue weighted by atomic mass is 35.5. The van der Waals surface area contributed by atoms with E-state index in [0.29, 0.717) is 0 Å². The standard InChI is InChI=1S/C20H14ClN/c1-14(15-10-12-16(21)13-11-15)22-19-8-4-2-6-17(19)18-7-3-5-9-20(18)22/h2-13H,1H2.